The molecule has 2 heterocycles. The summed E-state index contributed by atoms with van der Waals surface area (Å²) in [6.07, 6.45) is 4.14. The Balaban J connectivity index is 1.39. The van der Waals surface area contributed by atoms with E-state index < -0.39 is 17.8 Å². The summed E-state index contributed by atoms with van der Waals surface area (Å²) in [6, 6.07) is 12.0. The summed E-state index contributed by atoms with van der Waals surface area (Å²) < 4.78 is 19.4. The quantitative estimate of drug-likeness (QED) is 0.689. The molecule has 2 aromatic rings. The minimum Gasteiger partial charge on any atom is -0.494 e. The summed E-state index contributed by atoms with van der Waals surface area (Å²) >= 11 is 0. The second kappa shape index (κ2) is 10.9. The Bertz CT molecular complexity index is 1190. The lowest BCUT2D eigenvalue weighted by atomic mass is 9.97. The number of ether oxygens (including phenoxy) is 1. The molecule has 1 saturated heterocycles. The highest BCUT2D eigenvalue weighted by atomic mass is 19.1. The number of rotatable bonds is 3. The number of carbonyl (C=O) groups excluding carboxylic acids is 3. The molecular weight excluding hydrogens is 473 g/mol. The Morgan fingerprint density at radius 2 is 1.84 bits per heavy atom. The van der Waals surface area contributed by atoms with Crippen LogP contribution >= 0.6 is 0 Å². The molecule has 8 heteroatoms. The zero-order valence-electron chi connectivity index (χ0n) is 21.2. The smallest absolute Gasteiger partial charge is 0.254 e. The van der Waals surface area contributed by atoms with Crippen LogP contribution in [0, 0.1) is 17.7 Å². The van der Waals surface area contributed by atoms with Gasteiger partial charge in [-0.25, -0.2) is 4.39 Å². The van der Waals surface area contributed by atoms with E-state index in [0.717, 1.165) is 31.2 Å². The largest absolute Gasteiger partial charge is 0.494 e. The maximum Gasteiger partial charge on any atom is 0.254 e. The Hall–Kier alpha value is -3.42. The van der Waals surface area contributed by atoms with Gasteiger partial charge in [-0.05, 0) is 67.9 Å². The van der Waals surface area contributed by atoms with Gasteiger partial charge in [-0.3, -0.25) is 14.4 Å². The number of benzene rings is 2. The summed E-state index contributed by atoms with van der Waals surface area (Å²) in [7, 11) is 1.38. The van der Waals surface area contributed by atoms with E-state index in [-0.39, 0.29) is 35.0 Å². The molecule has 7 nitrogen and oxygen atoms in total. The first kappa shape index (κ1) is 25.2. The first-order valence-corrected chi connectivity index (χ1v) is 13.2. The third-order valence-corrected chi connectivity index (χ3v) is 8.09. The van der Waals surface area contributed by atoms with Gasteiger partial charge in [0.15, 0.2) is 11.6 Å². The van der Waals surface area contributed by atoms with E-state index in [9.17, 15) is 18.8 Å². The van der Waals surface area contributed by atoms with E-state index in [1.165, 1.54) is 24.8 Å². The molecule has 2 fully saturated rings. The van der Waals surface area contributed by atoms with E-state index in [1.807, 2.05) is 17.0 Å². The highest BCUT2D eigenvalue weighted by molar-refractivity contribution is 5.95. The molecule has 1 N–H and O–H groups in total. The minimum absolute atomic E-state index is 0.0487. The number of hydrogen-bond donors (Lipinski definition) is 1. The number of nitrogens with zero attached hydrogens (tertiary/aromatic N) is 2. The zero-order valence-corrected chi connectivity index (χ0v) is 21.2. The van der Waals surface area contributed by atoms with Crippen LogP contribution in [0.3, 0.4) is 0 Å². The molecule has 1 saturated carbocycles. The van der Waals surface area contributed by atoms with Gasteiger partial charge in [0.05, 0.1) is 13.0 Å². The summed E-state index contributed by atoms with van der Waals surface area (Å²) in [5, 5.41) is 3.02. The Morgan fingerprint density at radius 3 is 2.62 bits per heavy atom. The van der Waals surface area contributed by atoms with Crippen molar-refractivity contribution in [3.05, 3.63) is 65.0 Å². The number of hydrogen-bond acceptors (Lipinski definition) is 4. The molecule has 5 rings (SSSR count). The van der Waals surface area contributed by atoms with Crippen molar-refractivity contribution in [1.82, 2.24) is 15.1 Å². The third-order valence-electron chi connectivity index (χ3n) is 8.09. The van der Waals surface area contributed by atoms with Crippen molar-refractivity contribution < 1.29 is 23.5 Å². The second-order valence-electron chi connectivity index (χ2n) is 10.3. The van der Waals surface area contributed by atoms with Crippen LogP contribution in [0.5, 0.6) is 5.75 Å². The number of fused-ring (bicyclic) bond motifs is 2. The predicted molar refractivity (Wildman–Crippen MR) is 136 cm³/mol. The summed E-state index contributed by atoms with van der Waals surface area (Å²) in [6.45, 7) is 2.29. The van der Waals surface area contributed by atoms with Crippen LogP contribution in [0.4, 0.5) is 4.39 Å². The highest BCUT2D eigenvalue weighted by Gasteiger charge is 2.47. The Morgan fingerprint density at radius 1 is 1.03 bits per heavy atom. The molecule has 3 atom stereocenters. The van der Waals surface area contributed by atoms with E-state index in [4.69, 9.17) is 4.74 Å². The summed E-state index contributed by atoms with van der Waals surface area (Å²) in [4.78, 5) is 44.2. The molecule has 0 unspecified atom stereocenters. The molecule has 1 aliphatic carbocycles. The molecule has 196 valence electrons. The maximum atomic E-state index is 14.4. The average molecular weight is 508 g/mol. The minimum atomic E-state index is -0.603. The summed E-state index contributed by atoms with van der Waals surface area (Å²) in [5.74, 6) is -1.72. The second-order valence-corrected chi connectivity index (χ2v) is 10.3. The van der Waals surface area contributed by atoms with Crippen LogP contribution in [0.2, 0.25) is 0 Å². The maximum absolute atomic E-state index is 14.4. The first-order valence-electron chi connectivity index (χ1n) is 13.2. The molecule has 0 radical (unpaired) electrons. The number of nitrogens with one attached hydrogen (secondary N) is 1. The van der Waals surface area contributed by atoms with E-state index in [1.54, 1.807) is 11.0 Å². The fraction of sp³-hybridized carbons (Fsp3) is 0.483. The third kappa shape index (κ3) is 5.20. The molecular formula is C29H34FN3O4. The fourth-order valence-corrected chi connectivity index (χ4v) is 6.10. The van der Waals surface area contributed by atoms with Crippen molar-refractivity contribution in [2.45, 2.75) is 51.1 Å². The van der Waals surface area contributed by atoms with Crippen LogP contribution in [0.1, 0.15) is 53.6 Å². The van der Waals surface area contributed by atoms with Crippen molar-refractivity contribution >= 4 is 17.7 Å². The van der Waals surface area contributed by atoms with Gasteiger partial charge in [0.1, 0.15) is 0 Å². The van der Waals surface area contributed by atoms with Gasteiger partial charge < -0.3 is 19.9 Å². The van der Waals surface area contributed by atoms with Crippen LogP contribution in [-0.2, 0) is 22.6 Å². The lowest BCUT2D eigenvalue weighted by Gasteiger charge is -2.34. The Labute approximate surface area is 217 Å². The molecule has 0 aromatic heterocycles. The number of halogens is 1. The Kier molecular flexibility index (Phi) is 7.44. The lowest BCUT2D eigenvalue weighted by Crippen LogP contribution is -2.48. The predicted octanol–water partition coefficient (Wildman–Crippen LogP) is 3.56. The van der Waals surface area contributed by atoms with Gasteiger partial charge >= 0.3 is 0 Å². The fourth-order valence-electron chi connectivity index (χ4n) is 6.10. The molecule has 3 amide bonds. The van der Waals surface area contributed by atoms with Crippen molar-refractivity contribution in [3.8, 4) is 5.75 Å². The van der Waals surface area contributed by atoms with Gasteiger partial charge in [-0.15, -0.1) is 0 Å². The first-order chi connectivity index (χ1) is 18.0. The van der Waals surface area contributed by atoms with E-state index in [0.29, 0.717) is 39.0 Å². The van der Waals surface area contributed by atoms with Gasteiger partial charge in [-0.2, -0.15) is 0 Å². The zero-order chi connectivity index (χ0) is 25.9. The monoisotopic (exact) mass is 507 g/mol. The van der Waals surface area contributed by atoms with Crippen LogP contribution in [0.25, 0.3) is 0 Å². The van der Waals surface area contributed by atoms with E-state index >= 15 is 0 Å². The SMILES string of the molecule is COc1ccc(C(=O)N2CCCCCNC(=O)[C@H]3C[C@H](C(=O)N4CCc5ccccc5C4)C[C@H]32)cc1F. The van der Waals surface area contributed by atoms with Gasteiger partial charge in [-0.1, -0.05) is 24.3 Å². The van der Waals surface area contributed by atoms with Gasteiger partial charge in [0.25, 0.3) is 5.91 Å². The van der Waals surface area contributed by atoms with Crippen molar-refractivity contribution in [1.29, 1.82) is 0 Å². The van der Waals surface area contributed by atoms with Crippen molar-refractivity contribution in [2.75, 3.05) is 26.7 Å². The topological polar surface area (TPSA) is 79.0 Å². The number of amides is 3. The standard InChI is InChI=1S/C29H34FN3O4/c1-37-26-10-9-20(16-24(26)30)29(36)33-13-6-2-5-12-31-27(34)23-15-22(17-25(23)33)28(35)32-14-11-19-7-3-4-8-21(19)18-32/h3-4,7-10,16,22-23,25H,2,5-6,11-15,17-18H2,1H3,(H,31,34)/t22-,23-,25+/m0/s1. The molecule has 2 aliphatic heterocycles. The molecule has 37 heavy (non-hydrogen) atoms. The molecule has 2 aromatic carbocycles. The summed E-state index contributed by atoms with van der Waals surface area (Å²) in [5.41, 5.74) is 2.65. The van der Waals surface area contributed by atoms with Crippen LogP contribution in [0.15, 0.2) is 42.5 Å². The van der Waals surface area contributed by atoms with Crippen LogP contribution < -0.4 is 10.1 Å². The van der Waals surface area contributed by atoms with Gasteiger partial charge in [0, 0.05) is 43.7 Å². The number of methoxy groups -OCH3 is 1. The molecule has 0 bridgehead atoms. The lowest BCUT2D eigenvalue weighted by molar-refractivity contribution is -0.136. The van der Waals surface area contributed by atoms with E-state index in [2.05, 4.69) is 17.4 Å². The molecule has 0 spiro atoms. The average Bonchev–Trinajstić information content (AvgIpc) is 3.36. The normalized spacial score (nSPS) is 24.1. The van der Waals surface area contributed by atoms with Crippen molar-refractivity contribution in [2.24, 2.45) is 11.8 Å². The highest BCUT2D eigenvalue weighted by Crippen LogP contribution is 2.38. The molecule has 3 aliphatic rings. The van der Waals surface area contributed by atoms with Gasteiger partial charge in [0.2, 0.25) is 11.8 Å². The van der Waals surface area contributed by atoms with Crippen LogP contribution in [-0.4, -0.2) is 60.3 Å². The van der Waals surface area contributed by atoms with Crippen molar-refractivity contribution in [3.63, 3.8) is 0 Å². The number of carbonyl (C=O) groups is 3.